The molecule has 168 valence electrons. The fourth-order valence-corrected chi connectivity index (χ4v) is 3.68. The number of alkyl carbamates (subject to hydrolysis) is 1. The first-order valence-corrected chi connectivity index (χ1v) is 11.4. The van der Waals surface area contributed by atoms with Crippen molar-refractivity contribution in [2.75, 3.05) is 18.4 Å². The van der Waals surface area contributed by atoms with E-state index in [2.05, 4.69) is 15.4 Å². The second kappa shape index (κ2) is 10.6. The van der Waals surface area contributed by atoms with E-state index in [1.165, 1.54) is 18.2 Å². The van der Waals surface area contributed by atoms with Crippen molar-refractivity contribution in [3.05, 3.63) is 59.1 Å². The first kappa shape index (κ1) is 24.6. The lowest BCUT2D eigenvalue weighted by atomic mass is 10.1. The third kappa shape index (κ3) is 8.95. The Bertz CT molecular complexity index is 1020. The highest BCUT2D eigenvalue weighted by Crippen LogP contribution is 2.16. The number of amides is 2. The molecule has 0 aliphatic heterocycles. The molecule has 0 radical (unpaired) electrons. The van der Waals surface area contributed by atoms with E-state index in [1.54, 1.807) is 51.1 Å². The molecule has 8 nitrogen and oxygen atoms in total. The number of anilines is 1. The molecule has 0 unspecified atom stereocenters. The molecular formula is C21H26ClN3O5S. The standard InChI is InChI=1S/C21H26ClN3O5S/c1-21(2,3)30-20(27)23-11-12-24-31(28,29)18-6-4-5-17(14-18)25-19(26)13-15-7-9-16(22)10-8-15/h4-10,14,24H,11-13H2,1-3H3,(H,23,27)(H,25,26). The van der Waals surface area contributed by atoms with Gasteiger partial charge in [-0.1, -0.05) is 29.8 Å². The first-order valence-electron chi connectivity index (χ1n) is 9.55. The molecular weight excluding hydrogens is 442 g/mol. The summed E-state index contributed by atoms with van der Waals surface area (Å²) in [5.41, 5.74) is 0.501. The van der Waals surface area contributed by atoms with Crippen LogP contribution < -0.4 is 15.4 Å². The number of halogens is 1. The lowest BCUT2D eigenvalue weighted by molar-refractivity contribution is -0.115. The molecule has 0 aliphatic carbocycles. The minimum absolute atomic E-state index is 0.00550. The number of hydrogen-bond acceptors (Lipinski definition) is 5. The van der Waals surface area contributed by atoms with Crippen LogP contribution in [0, 0.1) is 0 Å². The predicted molar refractivity (Wildman–Crippen MR) is 120 cm³/mol. The van der Waals surface area contributed by atoms with E-state index in [0.29, 0.717) is 10.7 Å². The maximum Gasteiger partial charge on any atom is 0.407 e. The second-order valence-corrected chi connectivity index (χ2v) is 9.91. The van der Waals surface area contributed by atoms with Crippen LogP contribution in [0.3, 0.4) is 0 Å². The zero-order chi connectivity index (χ0) is 23.1. The molecule has 0 bridgehead atoms. The van der Waals surface area contributed by atoms with Crippen molar-refractivity contribution in [3.8, 4) is 0 Å². The lowest BCUT2D eigenvalue weighted by Crippen LogP contribution is -2.37. The van der Waals surface area contributed by atoms with Crippen molar-refractivity contribution in [1.82, 2.24) is 10.0 Å². The average molecular weight is 468 g/mol. The molecule has 0 aliphatic rings. The van der Waals surface area contributed by atoms with Crippen LogP contribution in [0.25, 0.3) is 0 Å². The molecule has 2 rings (SSSR count). The second-order valence-electron chi connectivity index (χ2n) is 7.71. The van der Waals surface area contributed by atoms with E-state index in [0.717, 1.165) is 5.56 Å². The molecule has 0 spiro atoms. The molecule has 0 saturated carbocycles. The SMILES string of the molecule is CC(C)(C)OC(=O)NCCNS(=O)(=O)c1cccc(NC(=O)Cc2ccc(Cl)cc2)c1. The Hall–Kier alpha value is -2.62. The summed E-state index contributed by atoms with van der Waals surface area (Å²) < 4.78 is 32.5. The molecule has 2 aromatic rings. The zero-order valence-electron chi connectivity index (χ0n) is 17.6. The molecule has 10 heteroatoms. The minimum Gasteiger partial charge on any atom is -0.444 e. The number of sulfonamides is 1. The zero-order valence-corrected chi connectivity index (χ0v) is 19.1. The Morgan fingerprint density at radius 1 is 1.03 bits per heavy atom. The maximum atomic E-state index is 12.5. The van der Waals surface area contributed by atoms with Gasteiger partial charge in [-0.15, -0.1) is 0 Å². The van der Waals surface area contributed by atoms with Crippen molar-refractivity contribution < 1.29 is 22.7 Å². The Balaban J connectivity index is 1.89. The summed E-state index contributed by atoms with van der Waals surface area (Å²) in [5.74, 6) is -0.286. The smallest absolute Gasteiger partial charge is 0.407 e. The molecule has 0 fully saturated rings. The summed E-state index contributed by atoms with van der Waals surface area (Å²) in [6, 6.07) is 12.8. The third-order valence-corrected chi connectivity index (χ3v) is 5.50. The molecule has 2 aromatic carbocycles. The van der Waals surface area contributed by atoms with Gasteiger partial charge >= 0.3 is 6.09 Å². The van der Waals surface area contributed by atoms with Crippen LogP contribution in [0.1, 0.15) is 26.3 Å². The van der Waals surface area contributed by atoms with Gasteiger partial charge in [0.05, 0.1) is 11.3 Å². The van der Waals surface area contributed by atoms with E-state index in [-0.39, 0.29) is 30.3 Å². The number of rotatable bonds is 8. The number of hydrogen-bond donors (Lipinski definition) is 3. The largest absolute Gasteiger partial charge is 0.444 e. The van der Waals surface area contributed by atoms with E-state index in [4.69, 9.17) is 16.3 Å². The van der Waals surface area contributed by atoms with Gasteiger partial charge < -0.3 is 15.4 Å². The molecule has 31 heavy (non-hydrogen) atoms. The van der Waals surface area contributed by atoms with Crippen LogP contribution >= 0.6 is 11.6 Å². The van der Waals surface area contributed by atoms with Crippen LogP contribution in [0.5, 0.6) is 0 Å². The number of ether oxygens (including phenoxy) is 1. The summed E-state index contributed by atoms with van der Waals surface area (Å²) in [6.45, 7) is 5.24. The summed E-state index contributed by atoms with van der Waals surface area (Å²) in [4.78, 5) is 23.8. The minimum atomic E-state index is -3.82. The van der Waals surface area contributed by atoms with Gasteiger partial charge in [-0.3, -0.25) is 4.79 Å². The predicted octanol–water partition coefficient (Wildman–Crippen LogP) is 3.32. The van der Waals surface area contributed by atoms with E-state index in [9.17, 15) is 18.0 Å². The number of nitrogens with one attached hydrogen (secondary N) is 3. The van der Waals surface area contributed by atoms with Crippen LogP contribution in [-0.4, -0.2) is 39.1 Å². The fourth-order valence-electron chi connectivity index (χ4n) is 2.48. The topological polar surface area (TPSA) is 114 Å². The van der Waals surface area contributed by atoms with Crippen molar-refractivity contribution in [2.24, 2.45) is 0 Å². The monoisotopic (exact) mass is 467 g/mol. The Kier molecular flexibility index (Phi) is 8.43. The Morgan fingerprint density at radius 3 is 2.35 bits per heavy atom. The molecule has 3 N–H and O–H groups in total. The molecule has 0 saturated heterocycles. The lowest BCUT2D eigenvalue weighted by Gasteiger charge is -2.19. The molecule has 0 aromatic heterocycles. The number of benzene rings is 2. The summed E-state index contributed by atoms with van der Waals surface area (Å²) in [6.07, 6.45) is -0.500. The van der Waals surface area contributed by atoms with Gasteiger partial charge in [0, 0.05) is 23.8 Å². The van der Waals surface area contributed by atoms with Crippen molar-refractivity contribution in [3.63, 3.8) is 0 Å². The quantitative estimate of drug-likeness (QED) is 0.515. The van der Waals surface area contributed by atoms with Crippen LogP contribution in [0.15, 0.2) is 53.4 Å². The van der Waals surface area contributed by atoms with Gasteiger partial charge in [0.15, 0.2) is 0 Å². The molecule has 2 amide bonds. The number of carbonyl (C=O) groups is 2. The first-order chi connectivity index (χ1) is 14.4. The van der Waals surface area contributed by atoms with E-state index >= 15 is 0 Å². The van der Waals surface area contributed by atoms with Gasteiger partial charge in [-0.05, 0) is 56.7 Å². The van der Waals surface area contributed by atoms with Crippen molar-refractivity contribution >= 4 is 39.3 Å². The van der Waals surface area contributed by atoms with Gasteiger partial charge in [0.25, 0.3) is 0 Å². The normalized spacial score (nSPS) is 11.6. The third-order valence-electron chi connectivity index (χ3n) is 3.79. The van der Waals surface area contributed by atoms with E-state index in [1.807, 2.05) is 0 Å². The Morgan fingerprint density at radius 2 is 1.71 bits per heavy atom. The van der Waals surface area contributed by atoms with Crippen LogP contribution in [0.2, 0.25) is 5.02 Å². The summed E-state index contributed by atoms with van der Waals surface area (Å²) in [5, 5.41) is 5.74. The van der Waals surface area contributed by atoms with Crippen LogP contribution in [-0.2, 0) is 26.0 Å². The van der Waals surface area contributed by atoms with Crippen LogP contribution in [0.4, 0.5) is 10.5 Å². The highest BCUT2D eigenvalue weighted by atomic mass is 35.5. The summed E-state index contributed by atoms with van der Waals surface area (Å²) >= 11 is 5.83. The van der Waals surface area contributed by atoms with Gasteiger partial charge in [0.2, 0.25) is 15.9 Å². The highest BCUT2D eigenvalue weighted by Gasteiger charge is 2.17. The van der Waals surface area contributed by atoms with Gasteiger partial charge in [0.1, 0.15) is 5.60 Å². The Labute approximate surface area is 187 Å². The van der Waals surface area contributed by atoms with E-state index < -0.39 is 21.7 Å². The highest BCUT2D eigenvalue weighted by molar-refractivity contribution is 7.89. The fraction of sp³-hybridized carbons (Fsp3) is 0.333. The van der Waals surface area contributed by atoms with Crippen molar-refractivity contribution in [2.45, 2.75) is 37.7 Å². The van der Waals surface area contributed by atoms with Gasteiger partial charge in [-0.2, -0.15) is 0 Å². The van der Waals surface area contributed by atoms with Gasteiger partial charge in [-0.25, -0.2) is 17.9 Å². The van der Waals surface area contributed by atoms with Crippen molar-refractivity contribution in [1.29, 1.82) is 0 Å². The summed E-state index contributed by atoms with van der Waals surface area (Å²) in [7, 11) is -3.82. The molecule has 0 atom stereocenters. The average Bonchev–Trinajstić information content (AvgIpc) is 2.66. The maximum absolute atomic E-state index is 12.5. The number of carbonyl (C=O) groups excluding carboxylic acids is 2. The molecule has 0 heterocycles.